The quantitative estimate of drug-likeness (QED) is 0.500. The average molecular weight is 462 g/mol. The monoisotopic (exact) mass is 461 g/mol. The highest BCUT2D eigenvalue weighted by atomic mass is 19.3. The number of ether oxygens (including phenoxy) is 1. The maximum Gasteiger partial charge on any atom is 0.266 e. The van der Waals surface area contributed by atoms with E-state index in [-0.39, 0.29) is 14.8 Å². The van der Waals surface area contributed by atoms with Gasteiger partial charge in [0.05, 0.1) is 6.04 Å². The molecule has 32 heavy (non-hydrogen) atoms. The fraction of sp³-hybridized carbons (Fsp3) is 0.409. The largest absolute Gasteiger partial charge is 0.463 e. The van der Waals surface area contributed by atoms with Crippen LogP contribution in [0.1, 0.15) is 44.6 Å². The first-order valence-corrected chi connectivity index (χ1v) is 9.85. The first-order chi connectivity index (χ1) is 15.4. The van der Waals surface area contributed by atoms with E-state index < -0.39 is 20.0 Å². The molecule has 0 radical (unpaired) electrons. The van der Waals surface area contributed by atoms with Crippen LogP contribution in [0, 0.1) is 5.92 Å². The number of aromatic nitrogens is 1. The first-order valence-electron chi connectivity index (χ1n) is 9.85. The molecule has 1 heterocycles. The normalized spacial score (nSPS) is 13.1. The topological polar surface area (TPSA) is 80.3 Å². The number of nitrogens with zero attached hydrogens (tertiary/aromatic N) is 1. The van der Waals surface area contributed by atoms with Crippen molar-refractivity contribution in [3.8, 4) is 5.75 Å². The van der Waals surface area contributed by atoms with E-state index in [0.29, 0.717) is 11.3 Å². The first kappa shape index (κ1) is 26.9. The highest BCUT2D eigenvalue weighted by Gasteiger charge is 2.21. The smallest absolute Gasteiger partial charge is 0.266 e. The van der Waals surface area contributed by atoms with Crippen molar-refractivity contribution in [1.29, 1.82) is 0 Å². The lowest BCUT2D eigenvalue weighted by atomic mass is 10.1. The molecule has 1 aliphatic carbocycles. The summed E-state index contributed by atoms with van der Waals surface area (Å²) in [6.45, 7) is 2.46. The van der Waals surface area contributed by atoms with Crippen LogP contribution >= 0.6 is 0 Å². The van der Waals surface area contributed by atoms with Crippen molar-refractivity contribution in [1.82, 2.24) is 10.3 Å². The molecular weight excluding hydrogens is 430 g/mol. The van der Waals surface area contributed by atoms with Crippen LogP contribution in [0.5, 0.6) is 5.75 Å². The summed E-state index contributed by atoms with van der Waals surface area (Å²) in [7, 11) is 0. The highest BCUT2D eigenvalue weighted by Crippen LogP contribution is 2.29. The molecule has 3 rings (SSSR count). The molecule has 6 nitrogen and oxygen atoms in total. The van der Waals surface area contributed by atoms with E-state index in [1.165, 1.54) is 12.8 Å². The fourth-order valence-electron chi connectivity index (χ4n) is 2.51. The molecule has 180 valence electrons. The van der Waals surface area contributed by atoms with E-state index in [2.05, 4.69) is 15.6 Å². The Kier molecular flexibility index (Phi) is 12.4. The molecule has 1 atom stereocenters. The van der Waals surface area contributed by atoms with Gasteiger partial charge in [-0.05, 0) is 67.6 Å². The molecule has 1 aromatic heterocycles. The van der Waals surface area contributed by atoms with Crippen molar-refractivity contribution in [2.24, 2.45) is 5.92 Å². The summed E-state index contributed by atoms with van der Waals surface area (Å²) >= 11 is 0. The van der Waals surface area contributed by atoms with Crippen LogP contribution in [0.25, 0.3) is 0 Å². The number of hydrogen-bond acceptors (Lipinski definition) is 5. The minimum atomic E-state index is -2.78. The standard InChI is InChI=1S/C19H22FN3O2.C2H3F3.CH2O.2H2/c1-13(16-8-9-21-18(10-16)22-11-14-2-3-14)23-19(24)15-4-6-17(7-5-15)25-12-20;3-1-2(4)5;1-2;;/h4-10,13-14H,2-3,11-12H2,1H3,(H,21,22)(H,23,24);2H,1H2;1H2;2*1H. The Bertz CT molecular complexity index is 816. The van der Waals surface area contributed by atoms with Gasteiger partial charge < -0.3 is 20.2 Å². The Morgan fingerprint density at radius 3 is 2.38 bits per heavy atom. The number of anilines is 1. The molecule has 0 spiro atoms. The van der Waals surface area contributed by atoms with Gasteiger partial charge in [-0.3, -0.25) is 4.79 Å². The van der Waals surface area contributed by atoms with Crippen molar-refractivity contribution >= 4 is 18.5 Å². The van der Waals surface area contributed by atoms with Crippen LogP contribution in [0.3, 0.4) is 0 Å². The summed E-state index contributed by atoms with van der Waals surface area (Å²) in [6.07, 6.45) is 1.54. The van der Waals surface area contributed by atoms with Gasteiger partial charge >= 0.3 is 0 Å². The predicted octanol–water partition coefficient (Wildman–Crippen LogP) is 5.23. The number of rotatable bonds is 9. The highest BCUT2D eigenvalue weighted by molar-refractivity contribution is 5.94. The van der Waals surface area contributed by atoms with Crippen LogP contribution < -0.4 is 15.4 Å². The van der Waals surface area contributed by atoms with E-state index in [9.17, 15) is 22.4 Å². The molecule has 10 heteroatoms. The van der Waals surface area contributed by atoms with Gasteiger partial charge in [-0.15, -0.1) is 0 Å². The number of nitrogens with one attached hydrogen (secondary N) is 2. The van der Waals surface area contributed by atoms with Gasteiger partial charge in [-0.2, -0.15) is 0 Å². The molecule has 1 aliphatic rings. The van der Waals surface area contributed by atoms with E-state index in [0.717, 1.165) is 23.8 Å². The van der Waals surface area contributed by atoms with Crippen molar-refractivity contribution in [2.45, 2.75) is 32.2 Å². The Hall–Kier alpha value is -3.17. The van der Waals surface area contributed by atoms with E-state index >= 15 is 0 Å². The molecular formula is C22H31F4N3O3. The predicted molar refractivity (Wildman–Crippen MR) is 118 cm³/mol. The number of carbonyl (C=O) groups is 2. The average Bonchev–Trinajstić information content (AvgIpc) is 3.65. The SMILES string of the molecule is C=O.CC(NC(=O)c1ccc(OCF)cc1)c1ccnc(NCC2CC2)c1.FCC(F)F.[HH].[HH]. The van der Waals surface area contributed by atoms with Gasteiger partial charge in [-0.25, -0.2) is 22.5 Å². The van der Waals surface area contributed by atoms with E-state index in [4.69, 9.17) is 9.53 Å². The van der Waals surface area contributed by atoms with Crippen molar-refractivity contribution in [2.75, 3.05) is 25.4 Å². The molecule has 1 aromatic carbocycles. The third kappa shape index (κ3) is 10.2. The van der Waals surface area contributed by atoms with Crippen molar-refractivity contribution < 1.29 is 34.7 Å². The zero-order valence-electron chi connectivity index (χ0n) is 17.7. The molecule has 2 aromatic rings. The van der Waals surface area contributed by atoms with Gasteiger partial charge in [0.15, 0.2) is 6.67 Å². The number of carbonyl (C=O) groups excluding carboxylic acids is 2. The zero-order valence-corrected chi connectivity index (χ0v) is 17.7. The molecule has 2 N–H and O–H groups in total. The third-order valence-corrected chi connectivity index (χ3v) is 4.35. The second-order valence-electron chi connectivity index (χ2n) is 6.82. The van der Waals surface area contributed by atoms with E-state index in [1.54, 1.807) is 30.5 Å². The second-order valence-corrected chi connectivity index (χ2v) is 6.82. The fourth-order valence-corrected chi connectivity index (χ4v) is 2.51. The Morgan fingerprint density at radius 2 is 1.84 bits per heavy atom. The van der Waals surface area contributed by atoms with E-state index in [1.807, 2.05) is 25.8 Å². The molecule has 1 saturated carbocycles. The minimum Gasteiger partial charge on any atom is -0.463 e. The number of amides is 1. The minimum absolute atomic E-state index is 0. The zero-order chi connectivity index (χ0) is 23.9. The van der Waals surface area contributed by atoms with Crippen LogP contribution in [-0.4, -0.2) is 44.2 Å². The Morgan fingerprint density at radius 1 is 1.22 bits per heavy atom. The second kappa shape index (κ2) is 14.8. The Labute approximate surface area is 187 Å². The summed E-state index contributed by atoms with van der Waals surface area (Å²) in [5, 5.41) is 6.30. The molecule has 0 bridgehead atoms. The lowest BCUT2D eigenvalue weighted by Crippen LogP contribution is -2.26. The number of hydrogen-bond donors (Lipinski definition) is 2. The number of benzene rings is 1. The van der Waals surface area contributed by atoms with Crippen molar-refractivity contribution in [3.05, 3.63) is 53.7 Å². The third-order valence-electron chi connectivity index (χ3n) is 4.35. The lowest BCUT2D eigenvalue weighted by molar-refractivity contribution is -0.0980. The number of alkyl halides is 4. The summed E-state index contributed by atoms with van der Waals surface area (Å²) in [6, 6.07) is 10.1. The Balaban J connectivity index is 0. The van der Waals surface area contributed by atoms with Crippen molar-refractivity contribution in [3.63, 3.8) is 0 Å². The molecule has 0 aliphatic heterocycles. The summed E-state index contributed by atoms with van der Waals surface area (Å²) in [5.41, 5.74) is 1.48. The molecule has 1 amide bonds. The summed E-state index contributed by atoms with van der Waals surface area (Å²) in [5.74, 6) is 1.81. The van der Waals surface area contributed by atoms with Gasteiger partial charge in [0.1, 0.15) is 18.4 Å². The van der Waals surface area contributed by atoms with Gasteiger partial charge in [-0.1, -0.05) is 0 Å². The maximum absolute atomic E-state index is 12.3. The van der Waals surface area contributed by atoms with Crippen LogP contribution in [-0.2, 0) is 4.79 Å². The summed E-state index contributed by atoms with van der Waals surface area (Å²) < 4.78 is 48.0. The van der Waals surface area contributed by atoms with Gasteiger partial charge in [0, 0.05) is 21.2 Å². The van der Waals surface area contributed by atoms with Crippen LogP contribution in [0.4, 0.5) is 23.4 Å². The molecule has 0 saturated heterocycles. The van der Waals surface area contributed by atoms with Crippen LogP contribution in [0.2, 0.25) is 0 Å². The lowest BCUT2D eigenvalue weighted by Gasteiger charge is -2.15. The molecule has 1 fully saturated rings. The summed E-state index contributed by atoms with van der Waals surface area (Å²) in [4.78, 5) is 24.7. The number of pyridine rings is 1. The van der Waals surface area contributed by atoms with Gasteiger partial charge in [0.25, 0.3) is 12.3 Å². The maximum atomic E-state index is 12.3. The van der Waals surface area contributed by atoms with Crippen LogP contribution in [0.15, 0.2) is 42.6 Å². The number of halogens is 4. The molecule has 1 unspecified atom stereocenters. The van der Waals surface area contributed by atoms with Gasteiger partial charge in [0.2, 0.25) is 6.86 Å².